The largest absolute Gasteiger partial charge is 0.377 e. The van der Waals surface area contributed by atoms with E-state index in [0.717, 1.165) is 25.9 Å². The van der Waals surface area contributed by atoms with Crippen molar-refractivity contribution in [3.63, 3.8) is 0 Å². The van der Waals surface area contributed by atoms with Crippen molar-refractivity contribution in [2.75, 3.05) is 26.2 Å². The van der Waals surface area contributed by atoms with Crippen molar-refractivity contribution in [2.24, 2.45) is 0 Å². The third-order valence-corrected chi connectivity index (χ3v) is 1.56. The van der Waals surface area contributed by atoms with Crippen molar-refractivity contribution in [3.8, 4) is 0 Å². The Morgan fingerprint density at radius 1 is 1.46 bits per heavy atom. The molecule has 1 fully saturated rings. The third-order valence-electron chi connectivity index (χ3n) is 1.56. The third kappa shape index (κ3) is 7.53. The summed E-state index contributed by atoms with van der Waals surface area (Å²) in [5.74, 6) is 1.80. The minimum absolute atomic E-state index is 0.0938. The van der Waals surface area contributed by atoms with Gasteiger partial charge in [-0.3, -0.25) is 0 Å². The van der Waals surface area contributed by atoms with E-state index in [-0.39, 0.29) is 6.61 Å². The molecule has 75 valence electrons. The summed E-state index contributed by atoms with van der Waals surface area (Å²) >= 11 is 0. The fourth-order valence-corrected chi connectivity index (χ4v) is 0.794. The zero-order chi connectivity index (χ0) is 9.94. The van der Waals surface area contributed by atoms with E-state index in [4.69, 9.17) is 0 Å². The summed E-state index contributed by atoms with van der Waals surface area (Å²) in [6.07, 6.45) is 1.86. The maximum atomic E-state index is 9.90. The molecule has 0 unspecified atom stereocenters. The first-order valence-corrected chi connectivity index (χ1v) is 4.61. The zero-order valence-corrected chi connectivity index (χ0v) is 8.06. The summed E-state index contributed by atoms with van der Waals surface area (Å²) in [6, 6.07) is 0. The molecule has 1 rings (SSSR count). The molecule has 1 aliphatic rings. The zero-order valence-electron chi connectivity index (χ0n) is 8.06. The van der Waals surface area contributed by atoms with Crippen LogP contribution in [0.4, 0.5) is 0 Å². The molecule has 0 spiro atoms. The van der Waals surface area contributed by atoms with E-state index in [1.807, 2.05) is 6.92 Å². The quantitative estimate of drug-likeness (QED) is 0.600. The fourth-order valence-electron chi connectivity index (χ4n) is 0.794. The van der Waals surface area contributed by atoms with Crippen LogP contribution in [0.15, 0.2) is 5.70 Å². The van der Waals surface area contributed by atoms with Crippen molar-refractivity contribution in [2.45, 2.75) is 19.8 Å². The SMILES string of the molecule is CCCC[O].O=C=C1CNCCN1. The van der Waals surface area contributed by atoms with Gasteiger partial charge in [0.1, 0.15) is 11.6 Å². The number of carbonyl (C=O) groups excluding carboxylic acids is 1. The van der Waals surface area contributed by atoms with Gasteiger partial charge in [0.25, 0.3) is 0 Å². The smallest absolute Gasteiger partial charge is 0.146 e. The van der Waals surface area contributed by atoms with Crippen molar-refractivity contribution >= 4 is 5.94 Å². The highest BCUT2D eigenvalue weighted by Crippen LogP contribution is 1.81. The molecule has 2 N–H and O–H groups in total. The van der Waals surface area contributed by atoms with E-state index in [1.54, 1.807) is 5.94 Å². The van der Waals surface area contributed by atoms with Crippen molar-refractivity contribution < 1.29 is 9.90 Å². The van der Waals surface area contributed by atoms with Gasteiger partial charge in [-0.25, -0.2) is 9.90 Å². The number of piperazine rings is 1. The second-order valence-electron chi connectivity index (χ2n) is 2.74. The highest BCUT2D eigenvalue weighted by Gasteiger charge is 2.00. The van der Waals surface area contributed by atoms with Crippen LogP contribution in [0, 0.1) is 0 Å². The molecule has 0 atom stereocenters. The van der Waals surface area contributed by atoms with E-state index in [1.165, 1.54) is 0 Å². The monoisotopic (exact) mass is 185 g/mol. The highest BCUT2D eigenvalue weighted by atomic mass is 16.2. The van der Waals surface area contributed by atoms with E-state index in [9.17, 15) is 9.90 Å². The molecule has 1 radical (unpaired) electrons. The van der Waals surface area contributed by atoms with Gasteiger partial charge in [0.05, 0.1) is 6.61 Å². The maximum absolute atomic E-state index is 9.90. The predicted octanol–water partition coefficient (Wildman–Crippen LogP) is 0.112. The second-order valence-corrected chi connectivity index (χ2v) is 2.74. The van der Waals surface area contributed by atoms with Gasteiger partial charge in [-0.05, 0) is 6.42 Å². The molecule has 13 heavy (non-hydrogen) atoms. The first-order valence-electron chi connectivity index (χ1n) is 4.61. The van der Waals surface area contributed by atoms with Gasteiger partial charge in [-0.15, -0.1) is 0 Å². The number of rotatable bonds is 2. The Morgan fingerprint density at radius 2 is 2.23 bits per heavy atom. The van der Waals surface area contributed by atoms with Crippen molar-refractivity contribution in [1.29, 1.82) is 0 Å². The van der Waals surface area contributed by atoms with E-state index in [2.05, 4.69) is 10.6 Å². The van der Waals surface area contributed by atoms with Gasteiger partial charge < -0.3 is 10.6 Å². The summed E-state index contributed by atoms with van der Waals surface area (Å²) in [4.78, 5) is 9.90. The average molecular weight is 185 g/mol. The van der Waals surface area contributed by atoms with Crippen LogP contribution in [-0.4, -0.2) is 32.2 Å². The Hall–Kier alpha value is -0.830. The van der Waals surface area contributed by atoms with Crippen LogP contribution in [0.2, 0.25) is 0 Å². The van der Waals surface area contributed by atoms with E-state index < -0.39 is 0 Å². The molecule has 1 aliphatic heterocycles. The summed E-state index contributed by atoms with van der Waals surface area (Å²) in [5, 5.41) is 15.5. The first-order chi connectivity index (χ1) is 6.35. The lowest BCUT2D eigenvalue weighted by atomic mass is 10.4. The Balaban J connectivity index is 0.000000252. The van der Waals surface area contributed by atoms with Crippen LogP contribution in [-0.2, 0) is 9.90 Å². The minimum atomic E-state index is 0.0938. The number of hydrogen-bond donors (Lipinski definition) is 2. The van der Waals surface area contributed by atoms with Crippen LogP contribution >= 0.6 is 0 Å². The number of nitrogens with one attached hydrogen (secondary N) is 2. The summed E-state index contributed by atoms with van der Waals surface area (Å²) in [7, 11) is 0. The summed E-state index contributed by atoms with van der Waals surface area (Å²) < 4.78 is 0. The molecule has 1 saturated heterocycles. The molecule has 0 bridgehead atoms. The molecule has 4 heteroatoms. The Morgan fingerprint density at radius 3 is 2.46 bits per heavy atom. The average Bonchev–Trinajstić information content (AvgIpc) is 2.21. The topological polar surface area (TPSA) is 61.0 Å². The van der Waals surface area contributed by atoms with Crippen LogP contribution in [0.3, 0.4) is 0 Å². The lowest BCUT2D eigenvalue weighted by molar-refractivity contribution is 0.188. The van der Waals surface area contributed by atoms with Gasteiger partial charge in [-0.1, -0.05) is 13.3 Å². The van der Waals surface area contributed by atoms with Crippen LogP contribution in [0.1, 0.15) is 19.8 Å². The van der Waals surface area contributed by atoms with Crippen molar-refractivity contribution in [3.05, 3.63) is 5.70 Å². The summed E-state index contributed by atoms with van der Waals surface area (Å²) in [6.45, 7) is 4.52. The fraction of sp³-hybridized carbons (Fsp3) is 0.778. The van der Waals surface area contributed by atoms with Crippen LogP contribution < -0.4 is 10.6 Å². The second kappa shape index (κ2) is 9.26. The van der Waals surface area contributed by atoms with Crippen LogP contribution in [0.5, 0.6) is 0 Å². The Labute approximate surface area is 79.0 Å². The normalized spacial score (nSPS) is 15.1. The molecule has 0 aromatic carbocycles. The maximum Gasteiger partial charge on any atom is 0.146 e. The van der Waals surface area contributed by atoms with Gasteiger partial charge >= 0.3 is 0 Å². The Kier molecular flexibility index (Phi) is 8.67. The Bertz CT molecular complexity index is 155. The van der Waals surface area contributed by atoms with E-state index in [0.29, 0.717) is 12.2 Å². The molecule has 0 saturated carbocycles. The van der Waals surface area contributed by atoms with E-state index >= 15 is 0 Å². The molecule has 0 amide bonds. The first kappa shape index (κ1) is 12.2. The molecule has 0 aliphatic carbocycles. The summed E-state index contributed by atoms with van der Waals surface area (Å²) in [5.41, 5.74) is 0.635. The lowest BCUT2D eigenvalue weighted by Crippen LogP contribution is -2.38. The molecule has 0 aromatic heterocycles. The number of hydrogen-bond acceptors (Lipinski definition) is 3. The highest BCUT2D eigenvalue weighted by molar-refractivity contribution is 5.52. The van der Waals surface area contributed by atoms with Gasteiger partial charge in [0.2, 0.25) is 0 Å². The molecular weight excluding hydrogens is 168 g/mol. The van der Waals surface area contributed by atoms with Gasteiger partial charge in [0, 0.05) is 19.6 Å². The van der Waals surface area contributed by atoms with Gasteiger partial charge in [0.15, 0.2) is 0 Å². The predicted molar refractivity (Wildman–Crippen MR) is 50.5 cm³/mol. The molecule has 4 nitrogen and oxygen atoms in total. The molecular formula is C9H17N2O2. The number of unbranched alkanes of at least 4 members (excludes halogenated alkanes) is 1. The lowest BCUT2D eigenvalue weighted by Gasteiger charge is -2.13. The molecule has 0 aromatic rings. The van der Waals surface area contributed by atoms with Crippen molar-refractivity contribution in [1.82, 2.24) is 10.6 Å². The van der Waals surface area contributed by atoms with Gasteiger partial charge in [-0.2, -0.15) is 0 Å². The minimum Gasteiger partial charge on any atom is -0.377 e. The molecule has 1 heterocycles. The standard InChI is InChI=1S/C5H8N2O.C4H9O/c8-4-5-3-6-1-2-7-5;1-2-3-4-5/h6-7H,1-3H2;2-4H2,1H3. The van der Waals surface area contributed by atoms with Crippen LogP contribution in [0.25, 0.3) is 0 Å².